The van der Waals surface area contributed by atoms with E-state index in [4.69, 9.17) is 13.9 Å². The van der Waals surface area contributed by atoms with Gasteiger partial charge in [0.1, 0.15) is 30.1 Å². The number of alkyl halides is 3. The van der Waals surface area contributed by atoms with Gasteiger partial charge >= 0.3 is 6.36 Å². The van der Waals surface area contributed by atoms with Crippen LogP contribution in [0.1, 0.15) is 22.7 Å². The van der Waals surface area contributed by atoms with Crippen LogP contribution in [0.2, 0.25) is 0 Å². The van der Waals surface area contributed by atoms with Crippen molar-refractivity contribution in [1.82, 2.24) is 20.0 Å². The van der Waals surface area contributed by atoms with Crippen molar-refractivity contribution in [2.24, 2.45) is 0 Å². The van der Waals surface area contributed by atoms with Gasteiger partial charge in [0.2, 0.25) is 5.89 Å². The van der Waals surface area contributed by atoms with Gasteiger partial charge in [-0.1, -0.05) is 29.5 Å². The van der Waals surface area contributed by atoms with Gasteiger partial charge in [0.15, 0.2) is 0 Å². The highest BCUT2D eigenvalue weighted by atomic mass is 35.5. The molecule has 0 unspecified atom stereocenters. The van der Waals surface area contributed by atoms with E-state index in [1.165, 1.54) is 30.5 Å². The minimum atomic E-state index is -4.72. The third-order valence-electron chi connectivity index (χ3n) is 4.62. The lowest BCUT2D eigenvalue weighted by Crippen LogP contribution is -2.16. The molecule has 8 nitrogen and oxygen atoms in total. The third-order valence-corrected chi connectivity index (χ3v) is 4.62. The molecule has 0 bridgehead atoms. The zero-order chi connectivity index (χ0) is 24.5. The first-order chi connectivity index (χ1) is 16.9. The number of halogens is 4. The number of benzene rings is 2. The average Bonchev–Trinajstić information content (AvgIpc) is 3.52. The highest BCUT2D eigenvalue weighted by Gasteiger charge is 2.30. The van der Waals surface area contributed by atoms with E-state index in [2.05, 4.69) is 20.0 Å². The van der Waals surface area contributed by atoms with Gasteiger partial charge in [-0.2, -0.15) is 0 Å². The Hall–Kier alpha value is -3.83. The van der Waals surface area contributed by atoms with Crippen LogP contribution in [-0.2, 0) is 24.5 Å². The minimum Gasteiger partial charge on any atom is -0.487 e. The summed E-state index contributed by atoms with van der Waals surface area (Å²) < 4.78 is 59.0. The average molecular weight is 523 g/mol. The second-order valence-electron chi connectivity index (χ2n) is 7.28. The van der Waals surface area contributed by atoms with E-state index < -0.39 is 6.36 Å². The molecular formula is C24H22ClF3N4O4. The summed E-state index contributed by atoms with van der Waals surface area (Å²) in [4.78, 5) is 4.31. The zero-order valence-electron chi connectivity index (χ0n) is 18.8. The van der Waals surface area contributed by atoms with Gasteiger partial charge in [0.05, 0.1) is 26.0 Å². The maximum atomic E-state index is 12.2. The van der Waals surface area contributed by atoms with E-state index in [0.29, 0.717) is 42.7 Å². The molecule has 0 aliphatic heterocycles. The Morgan fingerprint density at radius 2 is 1.69 bits per heavy atom. The van der Waals surface area contributed by atoms with Gasteiger partial charge < -0.3 is 18.6 Å². The number of hydrogen-bond donors (Lipinski definition) is 0. The van der Waals surface area contributed by atoms with Gasteiger partial charge in [0.25, 0.3) is 0 Å². The van der Waals surface area contributed by atoms with Crippen molar-refractivity contribution < 1.29 is 31.8 Å². The standard InChI is InChI=1S/C24H21F3N4O4.ClH/c25-24(26,27)35-22-8-1-18(2-9-22)5-10-23-29-20(17-34-23)16-33-21-6-3-19(4-7-21)15-32-14-13-31-12-11-28-30-31;/h1-12,17H,13-16H2;1H. The van der Waals surface area contributed by atoms with Gasteiger partial charge in [0, 0.05) is 12.3 Å². The SMILES string of the molecule is Cl.FC(F)(F)Oc1ccc(C=Cc2nc(COc3ccc(COCCn4ccnn4)cc3)co2)cc1. The quantitative estimate of drug-likeness (QED) is 0.239. The fourth-order valence-corrected chi connectivity index (χ4v) is 2.95. The lowest BCUT2D eigenvalue weighted by molar-refractivity contribution is -0.274. The molecular weight excluding hydrogens is 501 g/mol. The van der Waals surface area contributed by atoms with Crippen LogP contribution in [0.4, 0.5) is 13.2 Å². The molecule has 0 aliphatic rings. The molecule has 0 amide bonds. The number of oxazole rings is 1. The lowest BCUT2D eigenvalue weighted by atomic mass is 10.2. The highest BCUT2D eigenvalue weighted by Crippen LogP contribution is 2.23. The molecule has 36 heavy (non-hydrogen) atoms. The molecule has 0 N–H and O–H groups in total. The molecule has 190 valence electrons. The number of aromatic nitrogens is 4. The Morgan fingerprint density at radius 1 is 0.944 bits per heavy atom. The molecule has 0 saturated heterocycles. The van der Waals surface area contributed by atoms with E-state index in [1.807, 2.05) is 24.3 Å². The van der Waals surface area contributed by atoms with Crippen molar-refractivity contribution >= 4 is 24.6 Å². The molecule has 2 heterocycles. The van der Waals surface area contributed by atoms with Crippen molar-refractivity contribution in [3.8, 4) is 11.5 Å². The second-order valence-corrected chi connectivity index (χ2v) is 7.28. The molecule has 0 fully saturated rings. The van der Waals surface area contributed by atoms with Crippen LogP contribution >= 0.6 is 12.4 Å². The van der Waals surface area contributed by atoms with Gasteiger partial charge in [-0.25, -0.2) is 4.98 Å². The molecule has 4 aromatic rings. The van der Waals surface area contributed by atoms with Crippen LogP contribution in [-0.4, -0.2) is 32.9 Å². The largest absolute Gasteiger partial charge is 0.573 e. The van der Waals surface area contributed by atoms with Gasteiger partial charge in [-0.3, -0.25) is 4.68 Å². The molecule has 2 aromatic carbocycles. The number of nitrogens with zero attached hydrogens (tertiary/aromatic N) is 4. The van der Waals surface area contributed by atoms with Gasteiger partial charge in [-0.15, -0.1) is 30.7 Å². The summed E-state index contributed by atoms with van der Waals surface area (Å²) in [7, 11) is 0. The van der Waals surface area contributed by atoms with Crippen LogP contribution < -0.4 is 9.47 Å². The summed E-state index contributed by atoms with van der Waals surface area (Å²) >= 11 is 0. The Balaban J connectivity index is 0.00000361. The lowest BCUT2D eigenvalue weighted by Gasteiger charge is -2.08. The van der Waals surface area contributed by atoms with E-state index in [-0.39, 0.29) is 24.8 Å². The van der Waals surface area contributed by atoms with Crippen LogP contribution in [0.15, 0.2) is 71.6 Å². The highest BCUT2D eigenvalue weighted by molar-refractivity contribution is 5.85. The summed E-state index contributed by atoms with van der Waals surface area (Å²) in [6, 6.07) is 13.0. The Morgan fingerprint density at radius 3 is 2.39 bits per heavy atom. The monoisotopic (exact) mass is 522 g/mol. The Bertz CT molecular complexity index is 1210. The summed E-state index contributed by atoms with van der Waals surface area (Å²) in [6.45, 7) is 1.86. The number of rotatable bonds is 11. The topological polar surface area (TPSA) is 84.4 Å². The van der Waals surface area contributed by atoms with E-state index >= 15 is 0 Å². The van der Waals surface area contributed by atoms with E-state index in [0.717, 1.165) is 5.56 Å². The fourth-order valence-electron chi connectivity index (χ4n) is 2.95. The fraction of sp³-hybridized carbons (Fsp3) is 0.208. The Labute approximate surface area is 210 Å². The summed E-state index contributed by atoms with van der Waals surface area (Å²) in [5.74, 6) is 0.740. The predicted molar refractivity (Wildman–Crippen MR) is 126 cm³/mol. The molecule has 2 aromatic heterocycles. The van der Waals surface area contributed by atoms with Crippen LogP contribution in [0.3, 0.4) is 0 Å². The van der Waals surface area contributed by atoms with Crippen molar-refractivity contribution in [2.75, 3.05) is 6.61 Å². The number of hydrogen-bond acceptors (Lipinski definition) is 7. The van der Waals surface area contributed by atoms with Crippen LogP contribution in [0.25, 0.3) is 12.2 Å². The molecule has 0 saturated carbocycles. The van der Waals surface area contributed by atoms with Crippen LogP contribution in [0, 0.1) is 0 Å². The first-order valence-electron chi connectivity index (χ1n) is 10.5. The third kappa shape index (κ3) is 8.75. The van der Waals surface area contributed by atoms with E-state index in [9.17, 15) is 13.2 Å². The molecule has 0 atom stereocenters. The maximum Gasteiger partial charge on any atom is 0.573 e. The maximum absolute atomic E-state index is 12.2. The van der Waals surface area contributed by atoms with Crippen LogP contribution in [0.5, 0.6) is 11.5 Å². The second kappa shape index (κ2) is 12.8. The van der Waals surface area contributed by atoms with E-state index in [1.54, 1.807) is 29.2 Å². The molecule has 0 aliphatic carbocycles. The minimum absolute atomic E-state index is 0. The molecule has 0 spiro atoms. The predicted octanol–water partition coefficient (Wildman–Crippen LogP) is 5.55. The first-order valence-corrected chi connectivity index (χ1v) is 10.5. The van der Waals surface area contributed by atoms with Crippen molar-refractivity contribution in [2.45, 2.75) is 26.1 Å². The summed E-state index contributed by atoms with van der Waals surface area (Å²) in [6.07, 6.45) is 3.45. The first kappa shape index (κ1) is 26.8. The van der Waals surface area contributed by atoms with Crippen molar-refractivity contribution in [3.05, 3.63) is 89.9 Å². The molecule has 0 radical (unpaired) electrons. The van der Waals surface area contributed by atoms with Crippen molar-refractivity contribution in [3.63, 3.8) is 0 Å². The summed E-state index contributed by atoms with van der Waals surface area (Å²) in [5, 5.41) is 7.61. The van der Waals surface area contributed by atoms with Crippen molar-refractivity contribution in [1.29, 1.82) is 0 Å². The molecule has 4 rings (SSSR count). The molecule has 12 heteroatoms. The summed E-state index contributed by atoms with van der Waals surface area (Å²) in [5.41, 5.74) is 2.28. The Kier molecular flexibility index (Phi) is 9.48. The van der Waals surface area contributed by atoms with Gasteiger partial charge in [-0.05, 0) is 41.5 Å². The zero-order valence-corrected chi connectivity index (χ0v) is 19.6. The normalized spacial score (nSPS) is 11.4. The number of ether oxygens (including phenoxy) is 3. The smallest absolute Gasteiger partial charge is 0.487 e.